The summed E-state index contributed by atoms with van der Waals surface area (Å²) in [5.41, 5.74) is 6.24. The van der Waals surface area contributed by atoms with Crippen molar-refractivity contribution in [3.05, 3.63) is 42.5 Å². The molecule has 3 amide bonds. The van der Waals surface area contributed by atoms with Gasteiger partial charge in [-0.1, -0.05) is 56.7 Å². The molecule has 3 N–H and O–H groups in total. The zero-order valence-electron chi connectivity index (χ0n) is 15.6. The van der Waals surface area contributed by atoms with Crippen molar-refractivity contribution >= 4 is 34.2 Å². The van der Waals surface area contributed by atoms with E-state index in [1.807, 2.05) is 56.3 Å². The smallest absolute Gasteiger partial charge is 0.240 e. The van der Waals surface area contributed by atoms with Crippen molar-refractivity contribution in [1.82, 2.24) is 5.32 Å². The third-order valence-corrected chi connectivity index (χ3v) is 5.37. The van der Waals surface area contributed by atoms with E-state index >= 15 is 0 Å². The Morgan fingerprint density at radius 2 is 1.93 bits per heavy atom. The van der Waals surface area contributed by atoms with E-state index in [-0.39, 0.29) is 24.2 Å². The van der Waals surface area contributed by atoms with E-state index in [4.69, 9.17) is 5.73 Å². The third kappa shape index (κ3) is 3.79. The standard InChI is InChI=1S/C21H25N3O3/c1-3-13(2)19(20(22)26)23-21(27)15-11-18(25)24(12-15)17-10-6-8-14-7-4-5-9-16(14)17/h4-10,13,15,19H,3,11-12H2,1-2H3,(H2,22,26)(H,23,27). The molecule has 0 bridgehead atoms. The van der Waals surface area contributed by atoms with Gasteiger partial charge >= 0.3 is 0 Å². The Balaban J connectivity index is 1.79. The lowest BCUT2D eigenvalue weighted by Gasteiger charge is -2.23. The summed E-state index contributed by atoms with van der Waals surface area (Å²) in [4.78, 5) is 38.6. The van der Waals surface area contributed by atoms with E-state index < -0.39 is 17.9 Å². The predicted octanol–water partition coefficient (Wildman–Crippen LogP) is 2.21. The molecule has 1 heterocycles. The molecule has 1 saturated heterocycles. The van der Waals surface area contributed by atoms with Gasteiger partial charge in [0.1, 0.15) is 6.04 Å². The number of nitrogens with zero attached hydrogens (tertiary/aromatic N) is 1. The summed E-state index contributed by atoms with van der Waals surface area (Å²) >= 11 is 0. The molecule has 27 heavy (non-hydrogen) atoms. The minimum atomic E-state index is -0.718. The van der Waals surface area contributed by atoms with Crippen molar-refractivity contribution in [2.75, 3.05) is 11.4 Å². The van der Waals surface area contributed by atoms with Gasteiger partial charge in [-0.3, -0.25) is 14.4 Å². The average molecular weight is 367 g/mol. The molecule has 0 aliphatic carbocycles. The van der Waals surface area contributed by atoms with Gasteiger partial charge in [0.2, 0.25) is 17.7 Å². The number of anilines is 1. The first-order valence-electron chi connectivity index (χ1n) is 9.30. The van der Waals surface area contributed by atoms with Crippen LogP contribution in [0.1, 0.15) is 26.7 Å². The highest BCUT2D eigenvalue weighted by Gasteiger charge is 2.37. The number of hydrogen-bond acceptors (Lipinski definition) is 3. The van der Waals surface area contributed by atoms with Gasteiger partial charge in [0, 0.05) is 18.4 Å². The second kappa shape index (κ2) is 7.78. The topological polar surface area (TPSA) is 92.5 Å². The van der Waals surface area contributed by atoms with Crippen LogP contribution in [0.15, 0.2) is 42.5 Å². The first-order valence-corrected chi connectivity index (χ1v) is 9.30. The maximum absolute atomic E-state index is 12.7. The lowest BCUT2D eigenvalue weighted by atomic mass is 9.97. The largest absolute Gasteiger partial charge is 0.368 e. The summed E-state index contributed by atoms with van der Waals surface area (Å²) in [6.07, 6.45) is 0.848. The molecule has 3 unspecified atom stereocenters. The van der Waals surface area contributed by atoms with Gasteiger partial charge < -0.3 is 16.0 Å². The molecule has 0 saturated carbocycles. The highest BCUT2D eigenvalue weighted by Crippen LogP contribution is 2.31. The zero-order chi connectivity index (χ0) is 19.6. The summed E-state index contributed by atoms with van der Waals surface area (Å²) in [6, 6.07) is 12.9. The van der Waals surface area contributed by atoms with Gasteiger partial charge in [-0.15, -0.1) is 0 Å². The monoisotopic (exact) mass is 367 g/mol. The van der Waals surface area contributed by atoms with E-state index in [9.17, 15) is 14.4 Å². The number of rotatable bonds is 6. The third-order valence-electron chi connectivity index (χ3n) is 5.37. The van der Waals surface area contributed by atoms with Crippen molar-refractivity contribution in [3.8, 4) is 0 Å². The Hall–Kier alpha value is -2.89. The predicted molar refractivity (Wildman–Crippen MR) is 105 cm³/mol. The van der Waals surface area contributed by atoms with Crippen molar-refractivity contribution in [3.63, 3.8) is 0 Å². The van der Waals surface area contributed by atoms with Crippen LogP contribution < -0.4 is 16.0 Å². The molecular formula is C21H25N3O3. The van der Waals surface area contributed by atoms with Gasteiger partial charge in [0.25, 0.3) is 0 Å². The minimum absolute atomic E-state index is 0.0577. The second-order valence-electron chi connectivity index (χ2n) is 7.18. The molecule has 0 aromatic heterocycles. The van der Waals surface area contributed by atoms with Gasteiger partial charge in [-0.2, -0.15) is 0 Å². The first-order chi connectivity index (χ1) is 12.9. The maximum atomic E-state index is 12.7. The highest BCUT2D eigenvalue weighted by atomic mass is 16.2. The van der Waals surface area contributed by atoms with Crippen LogP contribution in [-0.4, -0.2) is 30.3 Å². The van der Waals surface area contributed by atoms with Gasteiger partial charge in [-0.05, 0) is 17.4 Å². The van der Waals surface area contributed by atoms with E-state index in [1.165, 1.54) is 0 Å². The number of nitrogens with two attached hydrogens (primary N) is 1. The number of carbonyl (C=O) groups excluding carboxylic acids is 3. The van der Waals surface area contributed by atoms with Crippen LogP contribution in [0, 0.1) is 11.8 Å². The SMILES string of the molecule is CCC(C)C(NC(=O)C1CC(=O)N(c2cccc3ccccc23)C1)C(N)=O. The number of nitrogens with one attached hydrogen (secondary N) is 1. The molecule has 2 aromatic carbocycles. The second-order valence-corrected chi connectivity index (χ2v) is 7.18. The van der Waals surface area contributed by atoms with Crippen LogP contribution in [0.2, 0.25) is 0 Å². The molecule has 3 rings (SSSR count). The fourth-order valence-corrected chi connectivity index (χ4v) is 3.56. The molecule has 142 valence electrons. The number of fused-ring (bicyclic) bond motifs is 1. The number of primary amides is 1. The number of hydrogen-bond donors (Lipinski definition) is 2. The van der Waals surface area contributed by atoms with E-state index in [0.29, 0.717) is 6.54 Å². The Morgan fingerprint density at radius 3 is 2.63 bits per heavy atom. The molecule has 0 radical (unpaired) electrons. The number of amides is 3. The molecule has 1 aliphatic heterocycles. The number of benzene rings is 2. The Kier molecular flexibility index (Phi) is 5.44. The molecule has 2 aromatic rings. The van der Waals surface area contributed by atoms with Crippen molar-refractivity contribution in [2.24, 2.45) is 17.6 Å². The average Bonchev–Trinajstić information content (AvgIpc) is 3.06. The normalized spacial score (nSPS) is 19.1. The van der Waals surface area contributed by atoms with Gasteiger partial charge in [0.05, 0.1) is 11.6 Å². The van der Waals surface area contributed by atoms with Crippen LogP contribution >= 0.6 is 0 Å². The van der Waals surface area contributed by atoms with Crippen molar-refractivity contribution < 1.29 is 14.4 Å². The van der Waals surface area contributed by atoms with Crippen LogP contribution in [-0.2, 0) is 14.4 Å². The van der Waals surface area contributed by atoms with E-state index in [0.717, 1.165) is 22.9 Å². The lowest BCUT2D eigenvalue weighted by Crippen LogP contribution is -2.50. The molecule has 1 fully saturated rings. The van der Waals surface area contributed by atoms with E-state index in [2.05, 4.69) is 5.32 Å². The molecular weight excluding hydrogens is 342 g/mol. The molecule has 3 atom stereocenters. The van der Waals surface area contributed by atoms with Crippen LogP contribution in [0.5, 0.6) is 0 Å². The van der Waals surface area contributed by atoms with Crippen LogP contribution in [0.4, 0.5) is 5.69 Å². The van der Waals surface area contributed by atoms with Gasteiger partial charge in [0.15, 0.2) is 0 Å². The van der Waals surface area contributed by atoms with Crippen molar-refractivity contribution in [1.29, 1.82) is 0 Å². The quantitative estimate of drug-likeness (QED) is 0.820. The van der Waals surface area contributed by atoms with Crippen LogP contribution in [0.3, 0.4) is 0 Å². The highest BCUT2D eigenvalue weighted by molar-refractivity contribution is 6.07. The molecule has 6 heteroatoms. The molecule has 0 spiro atoms. The summed E-state index contributed by atoms with van der Waals surface area (Å²) in [6.45, 7) is 4.11. The molecule has 6 nitrogen and oxygen atoms in total. The van der Waals surface area contributed by atoms with Gasteiger partial charge in [-0.25, -0.2) is 0 Å². The minimum Gasteiger partial charge on any atom is -0.368 e. The lowest BCUT2D eigenvalue weighted by molar-refractivity contribution is -0.131. The summed E-state index contributed by atoms with van der Waals surface area (Å²) in [7, 11) is 0. The first kappa shape index (κ1) is 18.9. The maximum Gasteiger partial charge on any atom is 0.240 e. The fourth-order valence-electron chi connectivity index (χ4n) is 3.56. The Morgan fingerprint density at radius 1 is 1.22 bits per heavy atom. The Bertz CT molecular complexity index is 875. The zero-order valence-corrected chi connectivity index (χ0v) is 15.6. The fraction of sp³-hybridized carbons (Fsp3) is 0.381. The molecule has 1 aliphatic rings. The summed E-state index contributed by atoms with van der Waals surface area (Å²) < 4.78 is 0. The van der Waals surface area contributed by atoms with Crippen molar-refractivity contribution in [2.45, 2.75) is 32.7 Å². The number of carbonyl (C=O) groups is 3. The Labute approximate surface area is 158 Å². The summed E-state index contributed by atoms with van der Waals surface area (Å²) in [5.74, 6) is -1.49. The van der Waals surface area contributed by atoms with Crippen LogP contribution in [0.25, 0.3) is 10.8 Å². The summed E-state index contributed by atoms with van der Waals surface area (Å²) in [5, 5.41) is 4.77. The van der Waals surface area contributed by atoms with E-state index in [1.54, 1.807) is 4.90 Å².